The molecule has 3 aromatic rings. The second-order valence-electron chi connectivity index (χ2n) is 5.92. The maximum absolute atomic E-state index is 12.5. The molecule has 0 aliphatic heterocycles. The molecule has 0 fully saturated rings. The molecule has 0 spiro atoms. The SMILES string of the molecule is COc1ccc(-n2ccc(C(=O)N(C)CC(=O)Nc3ccccc3)n2)cc1. The summed E-state index contributed by atoms with van der Waals surface area (Å²) in [7, 11) is 3.17. The molecular weight excluding hydrogens is 344 g/mol. The minimum atomic E-state index is -0.328. The van der Waals surface area contributed by atoms with E-state index in [9.17, 15) is 9.59 Å². The minimum Gasteiger partial charge on any atom is -0.497 e. The van der Waals surface area contributed by atoms with Gasteiger partial charge in [0.2, 0.25) is 5.91 Å². The molecule has 1 heterocycles. The van der Waals surface area contributed by atoms with Crippen LogP contribution in [0.15, 0.2) is 66.9 Å². The van der Waals surface area contributed by atoms with Gasteiger partial charge in [0.15, 0.2) is 5.69 Å². The van der Waals surface area contributed by atoms with Crippen molar-refractivity contribution in [1.29, 1.82) is 0 Å². The van der Waals surface area contributed by atoms with Crippen LogP contribution in [0.3, 0.4) is 0 Å². The molecule has 0 radical (unpaired) electrons. The van der Waals surface area contributed by atoms with Crippen molar-refractivity contribution in [3.8, 4) is 11.4 Å². The second kappa shape index (κ2) is 8.18. The number of nitrogens with zero attached hydrogens (tertiary/aromatic N) is 3. The number of hydrogen-bond donors (Lipinski definition) is 1. The summed E-state index contributed by atoms with van der Waals surface area (Å²) < 4.78 is 6.73. The first-order chi connectivity index (χ1) is 13.1. The number of anilines is 1. The highest BCUT2D eigenvalue weighted by molar-refractivity contribution is 5.98. The highest BCUT2D eigenvalue weighted by atomic mass is 16.5. The fourth-order valence-corrected chi connectivity index (χ4v) is 2.52. The van der Waals surface area contributed by atoms with Crippen molar-refractivity contribution in [3.05, 3.63) is 72.6 Å². The lowest BCUT2D eigenvalue weighted by Gasteiger charge is -2.15. The summed E-state index contributed by atoms with van der Waals surface area (Å²) in [6.07, 6.45) is 1.70. The van der Waals surface area contributed by atoms with E-state index < -0.39 is 0 Å². The maximum Gasteiger partial charge on any atom is 0.274 e. The van der Waals surface area contributed by atoms with Crippen molar-refractivity contribution >= 4 is 17.5 Å². The van der Waals surface area contributed by atoms with Crippen LogP contribution < -0.4 is 10.1 Å². The molecule has 0 bridgehead atoms. The number of nitrogens with one attached hydrogen (secondary N) is 1. The van der Waals surface area contributed by atoms with Crippen molar-refractivity contribution in [3.63, 3.8) is 0 Å². The maximum atomic E-state index is 12.5. The van der Waals surface area contributed by atoms with Gasteiger partial charge in [-0.1, -0.05) is 18.2 Å². The third-order valence-corrected chi connectivity index (χ3v) is 3.93. The molecule has 1 aromatic heterocycles. The van der Waals surface area contributed by atoms with Crippen LogP contribution in [0, 0.1) is 0 Å². The Morgan fingerprint density at radius 3 is 2.44 bits per heavy atom. The Morgan fingerprint density at radius 1 is 1.07 bits per heavy atom. The molecule has 7 nitrogen and oxygen atoms in total. The lowest BCUT2D eigenvalue weighted by Crippen LogP contribution is -2.35. The zero-order valence-electron chi connectivity index (χ0n) is 15.1. The van der Waals surface area contributed by atoms with E-state index in [0.717, 1.165) is 11.4 Å². The topological polar surface area (TPSA) is 76.5 Å². The number of para-hydroxylation sites is 1. The van der Waals surface area contributed by atoms with Crippen molar-refractivity contribution in [1.82, 2.24) is 14.7 Å². The molecule has 0 saturated heterocycles. The quantitative estimate of drug-likeness (QED) is 0.729. The van der Waals surface area contributed by atoms with Crippen molar-refractivity contribution < 1.29 is 14.3 Å². The number of ether oxygens (including phenoxy) is 1. The Kier molecular flexibility index (Phi) is 5.51. The third kappa shape index (κ3) is 4.52. The molecule has 3 rings (SSSR count). The second-order valence-corrected chi connectivity index (χ2v) is 5.92. The number of hydrogen-bond acceptors (Lipinski definition) is 4. The normalized spacial score (nSPS) is 10.3. The van der Waals surface area contributed by atoms with E-state index in [0.29, 0.717) is 5.69 Å². The third-order valence-electron chi connectivity index (χ3n) is 3.93. The number of benzene rings is 2. The van der Waals surface area contributed by atoms with Crippen molar-refractivity contribution in [2.45, 2.75) is 0 Å². The Morgan fingerprint density at radius 2 is 1.78 bits per heavy atom. The Hall–Kier alpha value is -3.61. The fraction of sp³-hybridized carbons (Fsp3) is 0.150. The largest absolute Gasteiger partial charge is 0.497 e. The van der Waals surface area contributed by atoms with Crippen LogP contribution >= 0.6 is 0 Å². The fourth-order valence-electron chi connectivity index (χ4n) is 2.52. The average Bonchev–Trinajstić information content (AvgIpc) is 3.18. The molecule has 7 heteroatoms. The first-order valence-corrected chi connectivity index (χ1v) is 8.37. The first kappa shape index (κ1) is 18.2. The number of carbonyl (C=O) groups is 2. The zero-order chi connectivity index (χ0) is 19.2. The molecule has 1 N–H and O–H groups in total. The van der Waals surface area contributed by atoms with Gasteiger partial charge in [-0.15, -0.1) is 0 Å². The first-order valence-electron chi connectivity index (χ1n) is 8.37. The molecule has 138 valence electrons. The van der Waals surface area contributed by atoms with E-state index in [1.807, 2.05) is 42.5 Å². The summed E-state index contributed by atoms with van der Waals surface area (Å²) in [5.74, 6) is 0.142. The smallest absolute Gasteiger partial charge is 0.274 e. The predicted molar refractivity (Wildman–Crippen MR) is 102 cm³/mol. The average molecular weight is 364 g/mol. The van der Waals surface area contributed by atoms with Crippen LogP contribution in [0.1, 0.15) is 10.5 Å². The van der Waals surface area contributed by atoms with Crippen LogP contribution in [0.5, 0.6) is 5.75 Å². The predicted octanol–water partition coefficient (Wildman–Crippen LogP) is 2.59. The van der Waals surface area contributed by atoms with Crippen LogP contribution in [-0.2, 0) is 4.79 Å². The molecule has 27 heavy (non-hydrogen) atoms. The van der Waals surface area contributed by atoms with Gasteiger partial charge in [0.05, 0.1) is 19.3 Å². The van der Waals surface area contributed by atoms with Crippen LogP contribution in [0.2, 0.25) is 0 Å². The molecule has 0 unspecified atom stereocenters. The van der Waals surface area contributed by atoms with Gasteiger partial charge < -0.3 is 15.0 Å². The number of amides is 2. The van der Waals surface area contributed by atoms with Crippen LogP contribution in [-0.4, -0.2) is 47.2 Å². The van der Waals surface area contributed by atoms with E-state index in [-0.39, 0.29) is 24.1 Å². The molecule has 0 atom stereocenters. The van der Waals surface area contributed by atoms with Crippen molar-refractivity contribution in [2.75, 3.05) is 26.0 Å². The van der Waals surface area contributed by atoms with Gasteiger partial charge in [-0.05, 0) is 42.5 Å². The van der Waals surface area contributed by atoms with Crippen LogP contribution in [0.4, 0.5) is 5.69 Å². The summed E-state index contributed by atoms with van der Waals surface area (Å²) in [6.45, 7) is -0.0663. The molecule has 2 aromatic carbocycles. The van der Waals surface area contributed by atoms with E-state index in [1.54, 1.807) is 43.2 Å². The van der Waals surface area contributed by atoms with Gasteiger partial charge >= 0.3 is 0 Å². The van der Waals surface area contributed by atoms with Crippen LogP contribution in [0.25, 0.3) is 5.69 Å². The van der Waals surface area contributed by atoms with Crippen molar-refractivity contribution in [2.24, 2.45) is 0 Å². The number of likely N-dealkylation sites (N-methyl/N-ethyl adjacent to an activating group) is 1. The lowest BCUT2D eigenvalue weighted by molar-refractivity contribution is -0.116. The number of aromatic nitrogens is 2. The zero-order valence-corrected chi connectivity index (χ0v) is 15.1. The summed E-state index contributed by atoms with van der Waals surface area (Å²) in [5, 5.41) is 7.05. The van der Waals surface area contributed by atoms with Gasteiger partial charge in [0.25, 0.3) is 5.91 Å². The Labute approximate surface area is 157 Å². The highest BCUT2D eigenvalue weighted by Crippen LogP contribution is 2.15. The summed E-state index contributed by atoms with van der Waals surface area (Å²) in [4.78, 5) is 26.0. The number of methoxy groups -OCH3 is 1. The molecule has 0 aliphatic carbocycles. The molecule has 2 amide bonds. The number of carbonyl (C=O) groups excluding carboxylic acids is 2. The standard InChI is InChI=1S/C20H20N4O3/c1-23(14-19(25)21-15-6-4-3-5-7-15)20(26)18-12-13-24(22-18)16-8-10-17(27-2)11-9-16/h3-13H,14H2,1-2H3,(H,21,25). The monoisotopic (exact) mass is 364 g/mol. The van der Waals surface area contributed by atoms with Gasteiger partial charge in [0, 0.05) is 18.9 Å². The highest BCUT2D eigenvalue weighted by Gasteiger charge is 2.18. The van der Waals surface area contributed by atoms with Gasteiger partial charge in [0.1, 0.15) is 5.75 Å². The van der Waals surface area contributed by atoms with Gasteiger partial charge in [-0.2, -0.15) is 5.10 Å². The van der Waals surface area contributed by atoms with E-state index in [4.69, 9.17) is 4.74 Å². The van der Waals surface area contributed by atoms with Gasteiger partial charge in [-0.25, -0.2) is 4.68 Å². The van der Waals surface area contributed by atoms with Gasteiger partial charge in [-0.3, -0.25) is 9.59 Å². The lowest BCUT2D eigenvalue weighted by atomic mass is 10.3. The number of rotatable bonds is 6. The van der Waals surface area contributed by atoms with E-state index in [1.165, 1.54) is 4.90 Å². The minimum absolute atomic E-state index is 0.0663. The summed E-state index contributed by atoms with van der Waals surface area (Å²) in [6, 6.07) is 18.0. The summed E-state index contributed by atoms with van der Waals surface area (Å²) in [5.41, 5.74) is 1.76. The van der Waals surface area contributed by atoms with E-state index in [2.05, 4.69) is 10.4 Å². The Balaban J connectivity index is 1.63. The Bertz CT molecular complexity index is 920. The molecular formula is C20H20N4O3. The summed E-state index contributed by atoms with van der Waals surface area (Å²) >= 11 is 0. The molecule has 0 aliphatic rings. The van der Waals surface area contributed by atoms with E-state index >= 15 is 0 Å². The molecule has 0 saturated carbocycles.